The lowest BCUT2D eigenvalue weighted by Crippen LogP contribution is -2.37. The van der Waals surface area contributed by atoms with Crippen LogP contribution in [0.5, 0.6) is 11.5 Å². The first-order valence-corrected chi connectivity index (χ1v) is 12.7. The van der Waals surface area contributed by atoms with E-state index in [4.69, 9.17) is 25.4 Å². The van der Waals surface area contributed by atoms with Crippen LogP contribution in [-0.2, 0) is 20.9 Å². The molecular weight excluding hydrogens is 548 g/mol. The number of carbonyl (C=O) groups excluding carboxylic acids is 2. The van der Waals surface area contributed by atoms with Crippen molar-refractivity contribution in [1.82, 2.24) is 15.5 Å². The highest BCUT2D eigenvalue weighted by molar-refractivity contribution is 5.95. The van der Waals surface area contributed by atoms with E-state index in [-0.39, 0.29) is 55.4 Å². The fourth-order valence-electron chi connectivity index (χ4n) is 3.75. The van der Waals surface area contributed by atoms with Gasteiger partial charge in [-0.3, -0.25) is 15.0 Å². The second-order valence-electron chi connectivity index (χ2n) is 8.46. The van der Waals surface area contributed by atoms with E-state index >= 15 is 0 Å². The van der Waals surface area contributed by atoms with E-state index < -0.39 is 29.2 Å². The van der Waals surface area contributed by atoms with E-state index in [1.54, 1.807) is 19.1 Å². The van der Waals surface area contributed by atoms with E-state index in [0.29, 0.717) is 24.2 Å². The van der Waals surface area contributed by atoms with Gasteiger partial charge in [-0.1, -0.05) is 26.0 Å². The van der Waals surface area contributed by atoms with Gasteiger partial charge in [-0.2, -0.15) is 0 Å². The van der Waals surface area contributed by atoms with E-state index in [9.17, 15) is 18.4 Å². The monoisotopic (exact) mass is 585 g/mol. The molecule has 2 aromatic carbocycles. The molecule has 0 radical (unpaired) electrons. The number of ether oxygens (including phenoxy) is 3. The van der Waals surface area contributed by atoms with Crippen molar-refractivity contribution in [3.05, 3.63) is 58.7 Å². The van der Waals surface area contributed by atoms with Gasteiger partial charge in [0, 0.05) is 49.5 Å². The minimum atomic E-state index is -1.56. The third kappa shape index (κ3) is 9.92. The van der Waals surface area contributed by atoms with Gasteiger partial charge in [-0.25, -0.2) is 8.78 Å². The molecule has 0 spiro atoms. The van der Waals surface area contributed by atoms with Gasteiger partial charge in [0.05, 0.1) is 12.7 Å². The van der Waals surface area contributed by atoms with Crippen molar-refractivity contribution >= 4 is 30.1 Å². The third-order valence-corrected chi connectivity index (χ3v) is 5.96. The summed E-state index contributed by atoms with van der Waals surface area (Å²) in [5, 5.41) is 13.1. The molecule has 13 heteroatoms. The number of amides is 2. The smallest absolute Gasteiger partial charge is 0.257 e. The average Bonchev–Trinajstić information content (AvgIpc) is 2.92. The van der Waals surface area contributed by atoms with Crippen LogP contribution in [0.3, 0.4) is 0 Å². The lowest BCUT2D eigenvalue weighted by atomic mass is 10.1. The molecule has 0 saturated carbocycles. The Morgan fingerprint density at radius 1 is 1.07 bits per heavy atom. The van der Waals surface area contributed by atoms with Gasteiger partial charge in [0.15, 0.2) is 12.7 Å². The van der Waals surface area contributed by atoms with Crippen molar-refractivity contribution in [3.63, 3.8) is 0 Å². The molecule has 0 unspecified atom stereocenters. The minimum Gasteiger partial charge on any atom is -0.497 e. The van der Waals surface area contributed by atoms with Crippen LogP contribution in [0.15, 0.2) is 30.3 Å². The first kappa shape index (κ1) is 34.5. The first-order chi connectivity index (χ1) is 18.6. The Bertz CT molecular complexity index is 1130. The number of methoxy groups -OCH3 is 1. The van der Waals surface area contributed by atoms with Crippen molar-refractivity contribution in [2.24, 2.45) is 5.73 Å². The van der Waals surface area contributed by atoms with Crippen LogP contribution < -0.4 is 25.8 Å². The number of nitrogens with two attached hydrogens (primary N) is 1. The average molecular weight is 586 g/mol. The van der Waals surface area contributed by atoms with Crippen molar-refractivity contribution in [1.29, 1.82) is 5.41 Å². The predicted octanol–water partition coefficient (Wildman–Crippen LogP) is 2.91. The molecule has 40 heavy (non-hydrogen) atoms. The molecule has 0 bridgehead atoms. The number of amidine groups is 1. The van der Waals surface area contributed by atoms with Gasteiger partial charge in [-0.15, -0.1) is 12.4 Å². The van der Waals surface area contributed by atoms with Crippen molar-refractivity contribution in [3.8, 4) is 11.5 Å². The quantitative estimate of drug-likeness (QED) is 0.175. The molecule has 0 fully saturated rings. The molecule has 0 aromatic heterocycles. The molecule has 2 amide bonds. The molecule has 0 aliphatic heterocycles. The summed E-state index contributed by atoms with van der Waals surface area (Å²) in [4.78, 5) is 27.5. The van der Waals surface area contributed by atoms with Crippen LogP contribution in [0.1, 0.15) is 43.6 Å². The van der Waals surface area contributed by atoms with Crippen molar-refractivity contribution < 1.29 is 32.6 Å². The van der Waals surface area contributed by atoms with Gasteiger partial charge >= 0.3 is 0 Å². The fraction of sp³-hybridized carbons (Fsp3) is 0.444. The molecule has 222 valence electrons. The van der Waals surface area contributed by atoms with Crippen LogP contribution in [0.2, 0.25) is 0 Å². The summed E-state index contributed by atoms with van der Waals surface area (Å²) in [6, 6.07) is 6.56. The molecule has 10 nitrogen and oxygen atoms in total. The number of hydrogen-bond donors (Lipinski definition) is 4. The Morgan fingerprint density at radius 2 is 1.73 bits per heavy atom. The third-order valence-electron chi connectivity index (χ3n) is 5.96. The Balaban J connectivity index is 0.00000800. The number of nitrogens with zero attached hydrogens (tertiary/aromatic N) is 1. The first-order valence-electron chi connectivity index (χ1n) is 12.7. The second-order valence-corrected chi connectivity index (χ2v) is 8.46. The van der Waals surface area contributed by atoms with E-state index in [2.05, 4.69) is 15.5 Å². The molecular formula is C27H38ClF2N5O5. The van der Waals surface area contributed by atoms with E-state index in [1.807, 2.05) is 13.8 Å². The maximum atomic E-state index is 14.7. The van der Waals surface area contributed by atoms with Crippen molar-refractivity contribution in [2.45, 2.75) is 33.4 Å². The Kier molecular flexibility index (Phi) is 14.9. The summed E-state index contributed by atoms with van der Waals surface area (Å²) in [6.45, 7) is 8.18. The zero-order valence-corrected chi connectivity index (χ0v) is 24.0. The number of carbonyl (C=O) groups is 2. The topological polar surface area (TPSA) is 139 Å². The minimum absolute atomic E-state index is 0. The second kappa shape index (κ2) is 17.3. The van der Waals surface area contributed by atoms with Gasteiger partial charge in [-0.05, 0) is 26.1 Å². The zero-order valence-electron chi connectivity index (χ0n) is 23.1. The van der Waals surface area contributed by atoms with Crippen LogP contribution in [0.25, 0.3) is 0 Å². The molecule has 0 aliphatic carbocycles. The number of hydrogen-bond acceptors (Lipinski definition) is 7. The van der Waals surface area contributed by atoms with Crippen molar-refractivity contribution in [2.75, 3.05) is 46.5 Å². The highest BCUT2D eigenvalue weighted by Gasteiger charge is 2.28. The number of nitrogen functional groups attached to an aromatic ring is 1. The van der Waals surface area contributed by atoms with Crippen LogP contribution >= 0.6 is 12.4 Å². The normalized spacial score (nSPS) is 11.4. The summed E-state index contributed by atoms with van der Waals surface area (Å²) < 4.78 is 45.3. The van der Waals surface area contributed by atoms with Crippen LogP contribution in [-0.4, -0.2) is 69.1 Å². The molecule has 2 rings (SSSR count). The zero-order chi connectivity index (χ0) is 28.9. The van der Waals surface area contributed by atoms with Gasteiger partial charge in [0.2, 0.25) is 0 Å². The van der Waals surface area contributed by atoms with Crippen LogP contribution in [0, 0.1) is 17.0 Å². The van der Waals surface area contributed by atoms with Gasteiger partial charge < -0.3 is 35.5 Å². The number of nitrogens with one attached hydrogen (secondary N) is 3. The molecule has 0 heterocycles. The number of likely N-dealkylation sites (N-methyl/N-ethyl adjacent to an activating group) is 1. The molecule has 5 N–H and O–H groups in total. The lowest BCUT2D eigenvalue weighted by Gasteiger charge is -2.20. The Hall–Kier alpha value is -3.48. The fourth-order valence-corrected chi connectivity index (χ4v) is 3.75. The lowest BCUT2D eigenvalue weighted by molar-refractivity contribution is -0.133. The number of rotatable bonds is 16. The molecule has 2 aromatic rings. The number of halogens is 3. The maximum absolute atomic E-state index is 14.7. The number of benzene rings is 2. The summed E-state index contributed by atoms with van der Waals surface area (Å²) in [5.74, 6) is -3.11. The van der Waals surface area contributed by atoms with E-state index in [0.717, 1.165) is 25.2 Å². The van der Waals surface area contributed by atoms with Gasteiger partial charge in [0.25, 0.3) is 11.8 Å². The summed E-state index contributed by atoms with van der Waals surface area (Å²) in [7, 11) is 1.27. The summed E-state index contributed by atoms with van der Waals surface area (Å²) in [6.07, 6.45) is -1.56. The molecule has 1 atom stereocenters. The highest BCUT2D eigenvalue weighted by atomic mass is 35.5. The predicted molar refractivity (Wildman–Crippen MR) is 150 cm³/mol. The largest absolute Gasteiger partial charge is 0.497 e. The van der Waals surface area contributed by atoms with E-state index in [1.165, 1.54) is 13.2 Å². The molecule has 0 aliphatic rings. The van der Waals surface area contributed by atoms with Gasteiger partial charge in [0.1, 0.15) is 29.0 Å². The standard InChI is InChI=1S/C27H37F2N5O5.ClH/c1-5-34(6-2)11-10-32-23(35)16-39-22-12-17(26(30)31)8-9-18(22)15-33-27(36)25(38-7-3)24-20(28)13-19(37-4)14-21(24)29;/h8-9,12-14,25H,5-7,10-11,15-16H2,1-4H3,(H3,30,31)(H,32,35)(H,33,36);1H/t25-;/m0./s1. The molecule has 0 saturated heterocycles. The van der Waals surface area contributed by atoms with Crippen LogP contribution in [0.4, 0.5) is 8.78 Å². The summed E-state index contributed by atoms with van der Waals surface area (Å²) >= 11 is 0. The Morgan fingerprint density at radius 3 is 2.27 bits per heavy atom. The highest BCUT2D eigenvalue weighted by Crippen LogP contribution is 2.29. The maximum Gasteiger partial charge on any atom is 0.257 e. The Labute approximate surface area is 239 Å². The SMILES string of the molecule is CCO[C@H](C(=O)NCc1ccc(C(=N)N)cc1OCC(=O)NCCN(CC)CC)c1c(F)cc(OC)cc1F.Cl. The summed E-state index contributed by atoms with van der Waals surface area (Å²) in [5.41, 5.74) is 5.87.